The van der Waals surface area contributed by atoms with Gasteiger partial charge in [0, 0.05) is 45.4 Å². The smallest absolute Gasteiger partial charge is 0.254 e. The van der Waals surface area contributed by atoms with E-state index in [1.807, 2.05) is 6.92 Å². The molecule has 4 rings (SSSR count). The van der Waals surface area contributed by atoms with Crippen LogP contribution in [0.1, 0.15) is 63.8 Å². The number of nitrogens with one attached hydrogen (secondary N) is 2. The number of ketones is 1. The Morgan fingerprint density at radius 1 is 1.24 bits per heavy atom. The van der Waals surface area contributed by atoms with Gasteiger partial charge in [0.25, 0.3) is 5.91 Å². The van der Waals surface area contributed by atoms with Gasteiger partial charge in [-0.3, -0.25) is 9.59 Å². The Balaban J connectivity index is 1.85. The minimum Gasteiger partial charge on any atom is -0.362 e. The Kier molecular flexibility index (Phi) is 7.06. The Morgan fingerprint density at radius 2 is 1.94 bits per heavy atom. The SMILES string of the molecule is CCSc1sc(CC)cc1[C@@H]1C(C(=O)Nc2ccc(F)cc2)=C(C)NC2=C1C(=O)CC(C)(C)C2. The van der Waals surface area contributed by atoms with E-state index >= 15 is 0 Å². The molecule has 1 aromatic heterocycles. The first-order chi connectivity index (χ1) is 16.1. The molecule has 4 nitrogen and oxygen atoms in total. The summed E-state index contributed by atoms with van der Waals surface area (Å²) in [5, 5.41) is 6.34. The highest BCUT2D eigenvalue weighted by atomic mass is 32.2. The van der Waals surface area contributed by atoms with Crippen LogP contribution in [0.4, 0.5) is 10.1 Å². The van der Waals surface area contributed by atoms with Crippen molar-refractivity contribution in [1.82, 2.24) is 5.32 Å². The maximum atomic E-state index is 13.7. The molecule has 0 radical (unpaired) electrons. The van der Waals surface area contributed by atoms with E-state index in [0.29, 0.717) is 23.3 Å². The van der Waals surface area contributed by atoms with Gasteiger partial charge >= 0.3 is 0 Å². The van der Waals surface area contributed by atoms with Crippen LogP contribution in [0, 0.1) is 11.2 Å². The first-order valence-corrected chi connectivity index (χ1v) is 13.5. The number of allylic oxidation sites excluding steroid dienone is 3. The van der Waals surface area contributed by atoms with Crippen LogP contribution >= 0.6 is 23.1 Å². The lowest BCUT2D eigenvalue weighted by Gasteiger charge is -2.39. The summed E-state index contributed by atoms with van der Waals surface area (Å²) < 4.78 is 14.6. The van der Waals surface area contributed by atoms with Crippen LogP contribution in [0.3, 0.4) is 0 Å². The van der Waals surface area contributed by atoms with E-state index in [2.05, 4.69) is 44.4 Å². The Hall–Kier alpha value is -2.38. The number of anilines is 1. The van der Waals surface area contributed by atoms with Gasteiger partial charge in [-0.1, -0.05) is 27.7 Å². The third-order valence-electron chi connectivity index (χ3n) is 6.30. The van der Waals surface area contributed by atoms with Gasteiger partial charge in [0.05, 0.1) is 4.21 Å². The molecule has 1 aliphatic carbocycles. The van der Waals surface area contributed by atoms with Gasteiger partial charge < -0.3 is 10.6 Å². The average molecular weight is 499 g/mol. The lowest BCUT2D eigenvalue weighted by molar-refractivity contribution is -0.118. The number of hydrogen-bond donors (Lipinski definition) is 2. The monoisotopic (exact) mass is 498 g/mol. The van der Waals surface area contributed by atoms with Crippen LogP contribution in [0.25, 0.3) is 0 Å². The molecular weight excluding hydrogens is 467 g/mol. The first-order valence-electron chi connectivity index (χ1n) is 11.7. The minimum atomic E-state index is -0.425. The van der Waals surface area contributed by atoms with Gasteiger partial charge in [-0.25, -0.2) is 4.39 Å². The molecule has 0 saturated heterocycles. The second-order valence-corrected chi connectivity index (χ2v) is 12.3. The van der Waals surface area contributed by atoms with E-state index in [1.165, 1.54) is 17.0 Å². The van der Waals surface area contributed by atoms with E-state index in [0.717, 1.165) is 39.8 Å². The van der Waals surface area contributed by atoms with Crippen molar-refractivity contribution in [2.45, 2.75) is 64.0 Å². The molecule has 2 N–H and O–H groups in total. The number of dihydropyridines is 1. The summed E-state index contributed by atoms with van der Waals surface area (Å²) in [6, 6.07) is 7.91. The van der Waals surface area contributed by atoms with Crippen LogP contribution in [0.15, 0.2) is 57.1 Å². The quantitative estimate of drug-likeness (QED) is 0.430. The van der Waals surface area contributed by atoms with Crippen molar-refractivity contribution in [1.29, 1.82) is 0 Å². The number of benzene rings is 1. The van der Waals surface area contributed by atoms with Gasteiger partial charge in [-0.05, 0) is 66.8 Å². The molecule has 0 unspecified atom stereocenters. The van der Waals surface area contributed by atoms with Crippen molar-refractivity contribution >= 4 is 40.5 Å². The average Bonchev–Trinajstić information content (AvgIpc) is 3.16. The summed E-state index contributed by atoms with van der Waals surface area (Å²) in [5.74, 6) is -0.0512. The molecule has 180 valence electrons. The first kappa shape index (κ1) is 24.7. The van der Waals surface area contributed by atoms with E-state index in [9.17, 15) is 14.0 Å². The van der Waals surface area contributed by atoms with Gasteiger partial charge in [-0.15, -0.1) is 23.1 Å². The van der Waals surface area contributed by atoms with Crippen molar-refractivity contribution in [2.75, 3.05) is 11.1 Å². The van der Waals surface area contributed by atoms with Crippen molar-refractivity contribution < 1.29 is 14.0 Å². The Labute approximate surface area is 209 Å². The van der Waals surface area contributed by atoms with Gasteiger partial charge in [0.15, 0.2) is 5.78 Å². The molecule has 0 fully saturated rings. The fourth-order valence-electron chi connectivity index (χ4n) is 4.84. The van der Waals surface area contributed by atoms with Gasteiger partial charge in [0.2, 0.25) is 0 Å². The molecule has 1 amide bonds. The number of hydrogen-bond acceptors (Lipinski definition) is 5. The third kappa shape index (κ3) is 4.86. The van der Waals surface area contributed by atoms with E-state index in [4.69, 9.17) is 0 Å². The molecule has 1 aliphatic heterocycles. The zero-order valence-electron chi connectivity index (χ0n) is 20.3. The molecule has 1 aromatic carbocycles. The topological polar surface area (TPSA) is 58.2 Å². The van der Waals surface area contributed by atoms with Crippen molar-refractivity contribution in [2.24, 2.45) is 5.41 Å². The van der Waals surface area contributed by atoms with Crippen LogP contribution in [0.5, 0.6) is 0 Å². The predicted molar refractivity (Wildman–Crippen MR) is 139 cm³/mol. The molecule has 0 saturated carbocycles. The summed E-state index contributed by atoms with van der Waals surface area (Å²) >= 11 is 3.51. The maximum absolute atomic E-state index is 13.7. The van der Waals surface area contributed by atoms with Gasteiger partial charge in [-0.2, -0.15) is 0 Å². The lowest BCUT2D eigenvalue weighted by atomic mass is 9.69. The van der Waals surface area contributed by atoms with Crippen LogP contribution in [-0.4, -0.2) is 17.4 Å². The number of aryl methyl sites for hydroxylation is 1. The second kappa shape index (κ2) is 9.70. The summed E-state index contributed by atoms with van der Waals surface area (Å²) in [5.41, 5.74) is 4.38. The van der Waals surface area contributed by atoms with Crippen molar-refractivity contribution in [3.63, 3.8) is 0 Å². The molecule has 2 aliphatic rings. The summed E-state index contributed by atoms with van der Waals surface area (Å²) in [6.45, 7) is 10.4. The van der Waals surface area contributed by atoms with Crippen molar-refractivity contribution in [3.8, 4) is 0 Å². The minimum absolute atomic E-state index is 0.0972. The maximum Gasteiger partial charge on any atom is 0.254 e. The Bertz CT molecular complexity index is 1190. The summed E-state index contributed by atoms with van der Waals surface area (Å²) in [6.07, 6.45) is 2.12. The highest BCUT2D eigenvalue weighted by molar-refractivity contribution is 8.01. The van der Waals surface area contributed by atoms with E-state index in [-0.39, 0.29) is 22.9 Å². The predicted octanol–water partition coefficient (Wildman–Crippen LogP) is 6.80. The zero-order valence-corrected chi connectivity index (χ0v) is 21.9. The van der Waals surface area contributed by atoms with Crippen molar-refractivity contribution in [3.05, 3.63) is 69.1 Å². The summed E-state index contributed by atoms with van der Waals surface area (Å²) in [7, 11) is 0. The number of halogens is 1. The van der Waals surface area contributed by atoms with Crippen LogP contribution < -0.4 is 10.6 Å². The molecule has 7 heteroatoms. The number of amides is 1. The fraction of sp³-hybridized carbons (Fsp3) is 0.407. The highest BCUT2D eigenvalue weighted by Gasteiger charge is 2.43. The number of Topliss-reactive ketones (excluding diaryl/α,β-unsaturated/α-hetero) is 1. The number of thioether (sulfide) groups is 1. The second-order valence-electron chi connectivity index (χ2n) is 9.63. The zero-order chi connectivity index (χ0) is 24.6. The van der Waals surface area contributed by atoms with Crippen LogP contribution in [-0.2, 0) is 16.0 Å². The summed E-state index contributed by atoms with van der Waals surface area (Å²) in [4.78, 5) is 28.4. The molecule has 2 aromatic rings. The number of rotatable bonds is 6. The molecule has 2 heterocycles. The standard InChI is InChI=1S/C27H31FN2O2S2/c1-6-18-12-19(26(34-18)33-7-2)23-22(25(32)30-17-10-8-16(28)9-11-17)15(3)29-20-13-27(4,5)14-21(31)24(20)23/h8-12,23,29H,6-7,13-14H2,1-5H3,(H,30,32)/t23-/m1/s1. The number of thiophene rings is 1. The van der Waals surface area contributed by atoms with Crippen LogP contribution in [0.2, 0.25) is 0 Å². The molecule has 34 heavy (non-hydrogen) atoms. The molecule has 0 spiro atoms. The Morgan fingerprint density at radius 3 is 2.59 bits per heavy atom. The fourth-order valence-corrected chi connectivity index (χ4v) is 7.22. The number of carbonyl (C=O) groups is 2. The number of carbonyl (C=O) groups excluding carboxylic acids is 2. The lowest BCUT2D eigenvalue weighted by Crippen LogP contribution is -2.39. The highest BCUT2D eigenvalue weighted by Crippen LogP contribution is 2.50. The third-order valence-corrected chi connectivity index (χ3v) is 8.78. The van der Waals surface area contributed by atoms with Gasteiger partial charge in [0.1, 0.15) is 5.82 Å². The normalized spacial score (nSPS) is 19.7. The van der Waals surface area contributed by atoms with E-state index in [1.54, 1.807) is 35.2 Å². The molecular formula is C27H31FN2O2S2. The molecule has 0 bridgehead atoms. The molecule has 1 atom stereocenters. The van der Waals surface area contributed by atoms with E-state index < -0.39 is 5.92 Å². The largest absolute Gasteiger partial charge is 0.362 e.